The molecule has 2 saturated carbocycles. The van der Waals surface area contributed by atoms with Gasteiger partial charge in [-0.15, -0.1) is 0 Å². The van der Waals surface area contributed by atoms with Gasteiger partial charge in [0.2, 0.25) is 0 Å². The van der Waals surface area contributed by atoms with Gasteiger partial charge in [-0.2, -0.15) is 0 Å². The lowest BCUT2D eigenvalue weighted by molar-refractivity contribution is 0.403. The van der Waals surface area contributed by atoms with E-state index in [0.717, 1.165) is 17.3 Å². The summed E-state index contributed by atoms with van der Waals surface area (Å²) in [5, 5.41) is 0.761. The molecule has 2 fully saturated rings. The molecule has 0 atom stereocenters. The Morgan fingerprint density at radius 2 is 1.86 bits per heavy atom. The van der Waals surface area contributed by atoms with Gasteiger partial charge in [0.15, 0.2) is 0 Å². The second-order valence-electron chi connectivity index (χ2n) is 6.75. The highest BCUT2D eigenvalue weighted by atomic mass is 35.5. The summed E-state index contributed by atoms with van der Waals surface area (Å²) < 4.78 is 5.61. The highest BCUT2D eigenvalue weighted by molar-refractivity contribution is 6.32. The number of halogens is 1. The van der Waals surface area contributed by atoms with Crippen molar-refractivity contribution < 1.29 is 4.74 Å². The summed E-state index contributed by atoms with van der Waals surface area (Å²) in [6, 6.07) is 4.47. The van der Waals surface area contributed by atoms with Gasteiger partial charge in [0.25, 0.3) is 0 Å². The van der Waals surface area contributed by atoms with Crippen LogP contribution in [0.5, 0.6) is 5.75 Å². The van der Waals surface area contributed by atoms with Crippen LogP contribution < -0.4 is 10.5 Å². The minimum atomic E-state index is 0.142. The lowest BCUT2D eigenvalue weighted by Gasteiger charge is -2.30. The van der Waals surface area contributed by atoms with Crippen molar-refractivity contribution in [1.29, 1.82) is 0 Å². The lowest BCUT2D eigenvalue weighted by atomic mass is 9.77. The van der Waals surface area contributed by atoms with Gasteiger partial charge in [-0.3, -0.25) is 0 Å². The van der Waals surface area contributed by atoms with Crippen LogP contribution in [-0.4, -0.2) is 13.7 Å². The highest BCUT2D eigenvalue weighted by Crippen LogP contribution is 2.47. The molecule has 2 N–H and O–H groups in total. The van der Waals surface area contributed by atoms with Crippen LogP contribution in [0.3, 0.4) is 0 Å². The van der Waals surface area contributed by atoms with Crippen molar-refractivity contribution in [2.75, 3.05) is 13.7 Å². The molecular formula is C18H26ClNO. The molecule has 0 heterocycles. The molecule has 0 aliphatic heterocycles. The molecule has 21 heavy (non-hydrogen) atoms. The maximum Gasteiger partial charge on any atom is 0.140 e. The second-order valence-corrected chi connectivity index (χ2v) is 7.16. The summed E-state index contributed by atoms with van der Waals surface area (Å²) in [6.45, 7) is 0.722. The normalized spacial score (nSPS) is 21.9. The maximum absolute atomic E-state index is 6.54. The number of methoxy groups -OCH3 is 1. The summed E-state index contributed by atoms with van der Waals surface area (Å²) >= 11 is 6.54. The lowest BCUT2D eigenvalue weighted by Crippen LogP contribution is -2.32. The summed E-state index contributed by atoms with van der Waals surface area (Å²) in [6.07, 6.45) is 10.1. The third-order valence-electron chi connectivity index (χ3n) is 5.64. The number of hydrogen-bond donors (Lipinski definition) is 1. The molecular weight excluding hydrogens is 282 g/mol. The van der Waals surface area contributed by atoms with Crippen molar-refractivity contribution in [3.8, 4) is 5.75 Å². The van der Waals surface area contributed by atoms with Crippen molar-refractivity contribution in [3.63, 3.8) is 0 Å². The van der Waals surface area contributed by atoms with Crippen LogP contribution in [-0.2, 0) is 5.41 Å². The minimum Gasteiger partial charge on any atom is -0.495 e. The van der Waals surface area contributed by atoms with Gasteiger partial charge in [-0.05, 0) is 48.8 Å². The van der Waals surface area contributed by atoms with Gasteiger partial charge in [-0.1, -0.05) is 43.4 Å². The molecule has 116 valence electrons. The van der Waals surface area contributed by atoms with E-state index >= 15 is 0 Å². The first-order chi connectivity index (χ1) is 10.2. The van der Waals surface area contributed by atoms with E-state index in [4.69, 9.17) is 22.1 Å². The fourth-order valence-corrected chi connectivity index (χ4v) is 4.64. The van der Waals surface area contributed by atoms with Crippen LogP contribution in [0.15, 0.2) is 12.1 Å². The third kappa shape index (κ3) is 2.68. The molecule has 3 rings (SSSR count). The van der Waals surface area contributed by atoms with Gasteiger partial charge in [0, 0.05) is 12.0 Å². The van der Waals surface area contributed by atoms with E-state index in [1.807, 2.05) is 0 Å². The highest BCUT2D eigenvalue weighted by Gasteiger charge is 2.36. The molecule has 0 saturated heterocycles. The van der Waals surface area contributed by atoms with E-state index in [9.17, 15) is 0 Å². The third-order valence-corrected chi connectivity index (χ3v) is 5.92. The number of nitrogens with two attached hydrogens (primary N) is 1. The predicted octanol–water partition coefficient (Wildman–Crippen LogP) is 4.78. The first kappa shape index (κ1) is 15.2. The summed E-state index contributed by atoms with van der Waals surface area (Å²) in [5.74, 6) is 1.49. The average Bonchev–Trinajstić information content (AvgIpc) is 3.18. The second kappa shape index (κ2) is 6.18. The molecule has 0 amide bonds. The van der Waals surface area contributed by atoms with Crippen LogP contribution in [0, 0.1) is 0 Å². The Morgan fingerprint density at radius 1 is 1.19 bits per heavy atom. The van der Waals surface area contributed by atoms with E-state index in [-0.39, 0.29) is 5.41 Å². The molecule has 2 aliphatic carbocycles. The number of benzene rings is 1. The molecule has 0 unspecified atom stereocenters. The van der Waals surface area contributed by atoms with E-state index in [2.05, 4.69) is 12.1 Å². The quantitative estimate of drug-likeness (QED) is 0.869. The van der Waals surface area contributed by atoms with Crippen molar-refractivity contribution in [2.45, 2.75) is 62.7 Å². The molecule has 0 bridgehead atoms. The van der Waals surface area contributed by atoms with Crippen molar-refractivity contribution in [3.05, 3.63) is 28.3 Å². The number of ether oxygens (including phenoxy) is 1. The van der Waals surface area contributed by atoms with Crippen LogP contribution in [0.4, 0.5) is 0 Å². The monoisotopic (exact) mass is 307 g/mol. The van der Waals surface area contributed by atoms with Crippen molar-refractivity contribution in [1.82, 2.24) is 0 Å². The van der Waals surface area contributed by atoms with Crippen LogP contribution in [0.1, 0.15) is 68.4 Å². The fraction of sp³-hybridized carbons (Fsp3) is 0.667. The zero-order chi connectivity index (χ0) is 14.9. The van der Waals surface area contributed by atoms with Crippen LogP contribution >= 0.6 is 11.6 Å². The fourth-order valence-electron chi connectivity index (χ4n) is 4.34. The van der Waals surface area contributed by atoms with Crippen molar-refractivity contribution in [2.24, 2.45) is 5.73 Å². The summed E-state index contributed by atoms with van der Waals surface area (Å²) in [7, 11) is 1.73. The zero-order valence-electron chi connectivity index (χ0n) is 13.0. The van der Waals surface area contributed by atoms with Crippen LogP contribution in [0.2, 0.25) is 5.02 Å². The Morgan fingerprint density at radius 3 is 2.43 bits per heavy atom. The average molecular weight is 308 g/mol. The molecule has 2 nitrogen and oxygen atoms in total. The predicted molar refractivity (Wildman–Crippen MR) is 88.4 cm³/mol. The zero-order valence-corrected chi connectivity index (χ0v) is 13.7. The molecule has 0 aromatic heterocycles. The number of rotatable bonds is 4. The molecule has 3 heteroatoms. The summed E-state index contributed by atoms with van der Waals surface area (Å²) in [5.41, 5.74) is 8.95. The summed E-state index contributed by atoms with van der Waals surface area (Å²) in [4.78, 5) is 0. The largest absolute Gasteiger partial charge is 0.495 e. The molecule has 1 aromatic carbocycles. The van der Waals surface area contributed by atoms with Gasteiger partial charge in [-0.25, -0.2) is 0 Å². The first-order valence-corrected chi connectivity index (χ1v) is 8.66. The van der Waals surface area contributed by atoms with Crippen molar-refractivity contribution >= 4 is 11.6 Å². The Labute approximate surface area is 133 Å². The number of hydrogen-bond acceptors (Lipinski definition) is 2. The van der Waals surface area contributed by atoms with E-state index in [1.165, 1.54) is 62.5 Å². The maximum atomic E-state index is 6.54. The smallest absolute Gasteiger partial charge is 0.140 e. The molecule has 2 aliphatic rings. The first-order valence-electron chi connectivity index (χ1n) is 8.28. The molecule has 0 spiro atoms. The minimum absolute atomic E-state index is 0.142. The van der Waals surface area contributed by atoms with Gasteiger partial charge in [0.05, 0.1) is 12.1 Å². The Bertz CT molecular complexity index is 502. The standard InChI is InChI=1S/C18H26ClNO/c1-21-17-15(13-6-2-3-7-13)10-14(11-16(17)19)18(12-20)8-4-5-9-18/h10-11,13H,2-9,12,20H2,1H3. The molecule has 1 aromatic rings. The van der Waals surface area contributed by atoms with E-state index in [1.54, 1.807) is 7.11 Å². The SMILES string of the molecule is COc1c(Cl)cc(C2(CN)CCCC2)cc1C1CCCC1. The van der Waals surface area contributed by atoms with Gasteiger partial charge in [0.1, 0.15) is 5.75 Å². The van der Waals surface area contributed by atoms with Gasteiger partial charge < -0.3 is 10.5 Å². The van der Waals surface area contributed by atoms with Gasteiger partial charge >= 0.3 is 0 Å². The topological polar surface area (TPSA) is 35.2 Å². The Hall–Kier alpha value is -0.730. The molecule has 0 radical (unpaired) electrons. The van der Waals surface area contributed by atoms with E-state index in [0.29, 0.717) is 5.92 Å². The Balaban J connectivity index is 2.06. The van der Waals surface area contributed by atoms with E-state index < -0.39 is 0 Å². The Kier molecular flexibility index (Phi) is 4.46. The van der Waals surface area contributed by atoms with Crippen LogP contribution in [0.25, 0.3) is 0 Å².